The van der Waals surface area contributed by atoms with Crippen LogP contribution in [0.5, 0.6) is 0 Å². The third-order valence-electron chi connectivity index (χ3n) is 3.94. The van der Waals surface area contributed by atoms with Crippen molar-refractivity contribution in [1.82, 2.24) is 10.2 Å². The average Bonchev–Trinajstić information content (AvgIpc) is 3.21. The van der Waals surface area contributed by atoms with Gasteiger partial charge in [0.25, 0.3) is 5.91 Å². The number of benzene rings is 3. The molecule has 1 aromatic heterocycles. The third-order valence-corrected chi connectivity index (χ3v) is 4.19. The molecule has 27 heavy (non-hydrogen) atoms. The van der Waals surface area contributed by atoms with Crippen LogP contribution in [0.3, 0.4) is 0 Å². The van der Waals surface area contributed by atoms with E-state index in [0.29, 0.717) is 28.1 Å². The summed E-state index contributed by atoms with van der Waals surface area (Å²) < 4.78 is 5.73. The van der Waals surface area contributed by atoms with Gasteiger partial charge in [-0.1, -0.05) is 29.8 Å². The van der Waals surface area contributed by atoms with Crippen LogP contribution >= 0.6 is 11.6 Å². The zero-order chi connectivity index (χ0) is 18.6. The van der Waals surface area contributed by atoms with Crippen LogP contribution in [0.2, 0.25) is 5.02 Å². The molecular weight excluding hydrogens is 362 g/mol. The first-order chi connectivity index (χ1) is 13.2. The van der Waals surface area contributed by atoms with E-state index in [4.69, 9.17) is 16.0 Å². The van der Waals surface area contributed by atoms with Crippen LogP contribution in [-0.2, 0) is 0 Å². The summed E-state index contributed by atoms with van der Waals surface area (Å²) in [7, 11) is 0. The first-order valence-electron chi connectivity index (χ1n) is 8.25. The molecule has 4 aromatic rings. The Morgan fingerprint density at radius 1 is 0.778 bits per heavy atom. The molecule has 0 saturated heterocycles. The average molecular weight is 376 g/mol. The fourth-order valence-electron chi connectivity index (χ4n) is 2.54. The van der Waals surface area contributed by atoms with Crippen molar-refractivity contribution in [2.75, 3.05) is 5.32 Å². The summed E-state index contributed by atoms with van der Waals surface area (Å²) in [4.78, 5) is 12.3. The number of amides is 1. The van der Waals surface area contributed by atoms with Crippen molar-refractivity contribution in [2.45, 2.75) is 0 Å². The maximum atomic E-state index is 12.3. The van der Waals surface area contributed by atoms with Gasteiger partial charge in [-0.15, -0.1) is 10.2 Å². The minimum absolute atomic E-state index is 0.209. The van der Waals surface area contributed by atoms with Gasteiger partial charge in [0.05, 0.1) is 0 Å². The highest BCUT2D eigenvalue weighted by atomic mass is 35.5. The molecule has 3 aromatic carbocycles. The molecule has 1 N–H and O–H groups in total. The Kier molecular flexibility index (Phi) is 4.68. The fraction of sp³-hybridized carbons (Fsp3) is 0. The molecule has 1 amide bonds. The van der Waals surface area contributed by atoms with Gasteiger partial charge < -0.3 is 9.73 Å². The number of nitrogens with one attached hydrogen (secondary N) is 1. The van der Waals surface area contributed by atoms with Crippen LogP contribution in [-0.4, -0.2) is 16.1 Å². The van der Waals surface area contributed by atoms with Crippen molar-refractivity contribution in [3.63, 3.8) is 0 Å². The zero-order valence-electron chi connectivity index (χ0n) is 14.1. The highest BCUT2D eigenvalue weighted by Crippen LogP contribution is 2.24. The van der Waals surface area contributed by atoms with Gasteiger partial charge >= 0.3 is 0 Å². The molecule has 0 radical (unpaired) electrons. The lowest BCUT2D eigenvalue weighted by atomic mass is 10.1. The van der Waals surface area contributed by atoms with Crippen LogP contribution < -0.4 is 5.32 Å². The molecule has 0 unspecified atom stereocenters. The van der Waals surface area contributed by atoms with Crippen LogP contribution in [0.25, 0.3) is 22.9 Å². The smallest absolute Gasteiger partial charge is 0.255 e. The summed E-state index contributed by atoms with van der Waals surface area (Å²) in [5.41, 5.74) is 2.80. The molecule has 0 aliphatic heterocycles. The molecule has 4 rings (SSSR count). The Bertz CT molecular complexity index is 1060. The summed E-state index contributed by atoms with van der Waals surface area (Å²) in [5.74, 6) is 0.646. The molecule has 0 aliphatic carbocycles. The van der Waals surface area contributed by atoms with Crippen molar-refractivity contribution >= 4 is 23.2 Å². The molecule has 1 heterocycles. The molecule has 132 valence electrons. The van der Waals surface area contributed by atoms with E-state index in [1.807, 2.05) is 30.3 Å². The first kappa shape index (κ1) is 17.0. The van der Waals surface area contributed by atoms with Crippen molar-refractivity contribution in [1.29, 1.82) is 0 Å². The number of aromatic nitrogens is 2. The van der Waals surface area contributed by atoms with Gasteiger partial charge in [-0.05, 0) is 60.7 Å². The minimum atomic E-state index is -0.209. The fourth-order valence-corrected chi connectivity index (χ4v) is 2.66. The predicted molar refractivity (Wildman–Crippen MR) is 105 cm³/mol. The summed E-state index contributed by atoms with van der Waals surface area (Å²) in [6, 6.07) is 23.5. The minimum Gasteiger partial charge on any atom is -0.416 e. The molecule has 0 atom stereocenters. The number of anilines is 1. The number of carbonyl (C=O) groups excluding carboxylic acids is 1. The monoisotopic (exact) mass is 375 g/mol. The van der Waals surface area contributed by atoms with Gasteiger partial charge in [0.2, 0.25) is 11.8 Å². The topological polar surface area (TPSA) is 68.0 Å². The Hall–Kier alpha value is -3.44. The van der Waals surface area contributed by atoms with Gasteiger partial charge in [0.1, 0.15) is 0 Å². The van der Waals surface area contributed by atoms with Crippen LogP contribution in [0.15, 0.2) is 83.3 Å². The van der Waals surface area contributed by atoms with E-state index >= 15 is 0 Å². The Morgan fingerprint density at radius 3 is 2.00 bits per heavy atom. The number of nitrogens with zero attached hydrogens (tertiary/aromatic N) is 2. The lowest BCUT2D eigenvalue weighted by molar-refractivity contribution is 0.102. The molecule has 6 heteroatoms. The quantitative estimate of drug-likeness (QED) is 0.525. The SMILES string of the molecule is O=C(Nc1ccc(Cl)cc1)c1ccc(-c2nnc(-c3ccccc3)o2)cc1. The van der Waals surface area contributed by atoms with E-state index in [9.17, 15) is 4.79 Å². The van der Waals surface area contributed by atoms with Gasteiger partial charge in [0.15, 0.2) is 0 Å². The Balaban J connectivity index is 1.50. The Labute approximate surface area is 160 Å². The molecular formula is C21H14ClN3O2. The molecule has 0 fully saturated rings. The number of hydrogen-bond donors (Lipinski definition) is 1. The predicted octanol–water partition coefficient (Wildman–Crippen LogP) is 5.31. The van der Waals surface area contributed by atoms with Gasteiger partial charge in [0, 0.05) is 27.4 Å². The van der Waals surface area contributed by atoms with E-state index < -0.39 is 0 Å². The maximum absolute atomic E-state index is 12.3. The van der Waals surface area contributed by atoms with Crippen molar-refractivity contribution < 1.29 is 9.21 Å². The summed E-state index contributed by atoms with van der Waals surface area (Å²) in [6.45, 7) is 0. The van der Waals surface area contributed by atoms with E-state index in [-0.39, 0.29) is 5.91 Å². The molecule has 0 saturated carbocycles. The molecule has 0 bridgehead atoms. The summed E-state index contributed by atoms with van der Waals surface area (Å²) >= 11 is 5.85. The van der Waals surface area contributed by atoms with Gasteiger partial charge in [-0.3, -0.25) is 4.79 Å². The lowest BCUT2D eigenvalue weighted by Gasteiger charge is -2.05. The van der Waals surface area contributed by atoms with Gasteiger partial charge in [-0.2, -0.15) is 0 Å². The van der Waals surface area contributed by atoms with Gasteiger partial charge in [-0.25, -0.2) is 0 Å². The highest BCUT2D eigenvalue weighted by molar-refractivity contribution is 6.30. The van der Waals surface area contributed by atoms with Crippen LogP contribution in [0.1, 0.15) is 10.4 Å². The van der Waals surface area contributed by atoms with Crippen molar-refractivity contribution in [2.24, 2.45) is 0 Å². The maximum Gasteiger partial charge on any atom is 0.255 e. The van der Waals surface area contributed by atoms with Crippen molar-refractivity contribution in [3.8, 4) is 22.9 Å². The summed E-state index contributed by atoms with van der Waals surface area (Å²) in [6.07, 6.45) is 0. The second kappa shape index (κ2) is 7.43. The number of rotatable bonds is 4. The highest BCUT2D eigenvalue weighted by Gasteiger charge is 2.12. The van der Waals surface area contributed by atoms with E-state index in [1.54, 1.807) is 48.5 Å². The second-order valence-corrected chi connectivity index (χ2v) is 6.25. The first-order valence-corrected chi connectivity index (χ1v) is 8.63. The second-order valence-electron chi connectivity index (χ2n) is 5.82. The number of halogens is 1. The zero-order valence-corrected chi connectivity index (χ0v) is 14.9. The molecule has 5 nitrogen and oxygen atoms in total. The van der Waals surface area contributed by atoms with E-state index in [2.05, 4.69) is 15.5 Å². The third kappa shape index (κ3) is 3.88. The molecule has 0 aliphatic rings. The summed E-state index contributed by atoms with van der Waals surface area (Å²) in [5, 5.41) is 11.6. The standard InChI is InChI=1S/C21H14ClN3O2/c22-17-10-12-18(13-11-17)23-19(26)14-6-8-16(9-7-14)21-25-24-20(27-21)15-4-2-1-3-5-15/h1-13H,(H,23,26). The van der Waals surface area contributed by atoms with Crippen LogP contribution in [0, 0.1) is 0 Å². The van der Waals surface area contributed by atoms with E-state index in [0.717, 1.165) is 11.1 Å². The van der Waals surface area contributed by atoms with E-state index in [1.165, 1.54) is 0 Å². The molecule has 0 spiro atoms. The largest absolute Gasteiger partial charge is 0.416 e. The van der Waals surface area contributed by atoms with Crippen LogP contribution in [0.4, 0.5) is 5.69 Å². The normalized spacial score (nSPS) is 10.6. The number of carbonyl (C=O) groups is 1. The van der Waals surface area contributed by atoms with Crippen molar-refractivity contribution in [3.05, 3.63) is 89.4 Å². The number of hydrogen-bond acceptors (Lipinski definition) is 4. The lowest BCUT2D eigenvalue weighted by Crippen LogP contribution is -2.11. The Morgan fingerprint density at radius 2 is 1.37 bits per heavy atom.